The molecule has 88 valence electrons. The number of phenols is 1. The van der Waals surface area contributed by atoms with E-state index in [1.807, 2.05) is 6.07 Å². The lowest BCUT2D eigenvalue weighted by Crippen LogP contribution is -2.19. The zero-order valence-electron chi connectivity index (χ0n) is 9.23. The topological polar surface area (TPSA) is 90.6 Å². The molecule has 1 aromatic rings. The summed E-state index contributed by atoms with van der Waals surface area (Å²) in [5, 5.41) is 27.8. The maximum absolute atomic E-state index is 11.2. The monoisotopic (exact) mass is 233 g/mol. The minimum Gasteiger partial charge on any atom is -0.504 e. The minimum absolute atomic E-state index is 0.0810. The number of hydrogen-bond donors (Lipinski definition) is 2. The second-order valence-corrected chi connectivity index (χ2v) is 4.08. The Morgan fingerprint density at radius 3 is 2.59 bits per heavy atom. The van der Waals surface area contributed by atoms with Crippen LogP contribution in [-0.4, -0.2) is 23.3 Å². The lowest BCUT2D eigenvalue weighted by atomic mass is 9.94. The number of rotatable bonds is 3. The maximum atomic E-state index is 11.2. The number of ether oxygens (including phenoxy) is 1. The third-order valence-corrected chi connectivity index (χ3v) is 3.11. The van der Waals surface area contributed by atoms with Crippen molar-refractivity contribution in [3.8, 4) is 17.6 Å². The van der Waals surface area contributed by atoms with Crippen LogP contribution >= 0.6 is 0 Å². The number of carbonyl (C=O) groups is 1. The summed E-state index contributed by atoms with van der Waals surface area (Å²) in [6.45, 7) is 0. The molecule has 0 aromatic heterocycles. The van der Waals surface area contributed by atoms with E-state index in [4.69, 9.17) is 15.1 Å². The molecule has 2 N–H and O–H groups in total. The molecule has 1 aromatic carbocycles. The van der Waals surface area contributed by atoms with E-state index in [0.717, 1.165) is 0 Å². The minimum atomic E-state index is -0.935. The number of nitrogens with zero attached hydrogens (tertiary/aromatic N) is 1. The van der Waals surface area contributed by atoms with Gasteiger partial charge in [0.2, 0.25) is 0 Å². The molecule has 0 spiro atoms. The summed E-state index contributed by atoms with van der Waals surface area (Å²) in [5.74, 6) is -1.04. The van der Waals surface area contributed by atoms with E-state index < -0.39 is 11.4 Å². The molecule has 0 unspecified atom stereocenters. The standard InChI is InChI=1S/C12H11NO4/c1-17-10-7(6-13)4-8(5-9(10)14)12(2-3-12)11(15)16/h4-5,14H,2-3H2,1H3,(H,15,16). The van der Waals surface area contributed by atoms with Gasteiger partial charge in [0.15, 0.2) is 11.5 Å². The predicted octanol–water partition coefficient (Wildman–Crippen LogP) is 1.39. The van der Waals surface area contributed by atoms with Crippen molar-refractivity contribution in [1.29, 1.82) is 5.26 Å². The van der Waals surface area contributed by atoms with Crippen molar-refractivity contribution in [1.82, 2.24) is 0 Å². The molecular weight excluding hydrogens is 222 g/mol. The number of hydrogen-bond acceptors (Lipinski definition) is 4. The van der Waals surface area contributed by atoms with Gasteiger partial charge in [-0.15, -0.1) is 0 Å². The molecule has 0 heterocycles. The first-order chi connectivity index (χ1) is 8.05. The average molecular weight is 233 g/mol. The van der Waals surface area contributed by atoms with E-state index in [1.54, 1.807) is 0 Å². The Kier molecular flexibility index (Phi) is 2.43. The third-order valence-electron chi connectivity index (χ3n) is 3.11. The highest BCUT2D eigenvalue weighted by atomic mass is 16.5. The average Bonchev–Trinajstić information content (AvgIpc) is 3.08. The Balaban J connectivity index is 2.56. The molecule has 0 amide bonds. The van der Waals surface area contributed by atoms with Gasteiger partial charge in [0, 0.05) is 0 Å². The Hall–Kier alpha value is -2.22. The molecule has 5 heteroatoms. The number of carboxylic acids is 1. The quantitative estimate of drug-likeness (QED) is 0.823. The predicted molar refractivity (Wildman–Crippen MR) is 57.9 cm³/mol. The molecule has 0 aliphatic heterocycles. The molecular formula is C12H11NO4. The fraction of sp³-hybridized carbons (Fsp3) is 0.333. The Bertz CT molecular complexity index is 526. The molecule has 5 nitrogen and oxygen atoms in total. The second kappa shape index (κ2) is 3.67. The summed E-state index contributed by atoms with van der Waals surface area (Å²) in [7, 11) is 1.35. The fourth-order valence-electron chi connectivity index (χ4n) is 1.94. The van der Waals surface area contributed by atoms with Crippen LogP contribution in [0.5, 0.6) is 11.5 Å². The molecule has 17 heavy (non-hydrogen) atoms. The summed E-state index contributed by atoms with van der Waals surface area (Å²) in [4.78, 5) is 11.2. The SMILES string of the molecule is COc1c(O)cc(C2(C(=O)O)CC2)cc1C#N. The Labute approximate surface area is 97.9 Å². The first kappa shape index (κ1) is 11.3. The molecule has 1 aliphatic rings. The molecule has 1 aliphatic carbocycles. The van der Waals surface area contributed by atoms with Crippen LogP contribution in [-0.2, 0) is 10.2 Å². The zero-order chi connectivity index (χ0) is 12.6. The Morgan fingerprint density at radius 1 is 1.53 bits per heavy atom. The van der Waals surface area contributed by atoms with Crippen molar-refractivity contribution < 1.29 is 19.7 Å². The summed E-state index contributed by atoms with van der Waals surface area (Å²) in [5.41, 5.74) is -0.329. The highest BCUT2D eigenvalue weighted by molar-refractivity contribution is 5.85. The van der Waals surface area contributed by atoms with Crippen LogP contribution in [0.3, 0.4) is 0 Å². The van der Waals surface area contributed by atoms with Gasteiger partial charge in [0.25, 0.3) is 0 Å². The highest BCUT2D eigenvalue weighted by Crippen LogP contribution is 2.50. The first-order valence-electron chi connectivity index (χ1n) is 5.10. The summed E-state index contributed by atoms with van der Waals surface area (Å²) in [6, 6.07) is 4.72. The zero-order valence-corrected chi connectivity index (χ0v) is 9.23. The molecule has 0 atom stereocenters. The Morgan fingerprint density at radius 2 is 2.18 bits per heavy atom. The highest BCUT2D eigenvalue weighted by Gasteiger charge is 2.52. The van der Waals surface area contributed by atoms with Crippen molar-refractivity contribution in [3.05, 3.63) is 23.3 Å². The lowest BCUT2D eigenvalue weighted by Gasteiger charge is -2.13. The summed E-state index contributed by atoms with van der Waals surface area (Å²) >= 11 is 0. The number of methoxy groups -OCH3 is 1. The summed E-state index contributed by atoms with van der Waals surface area (Å²) < 4.78 is 4.90. The normalized spacial score (nSPS) is 16.0. The molecule has 1 fully saturated rings. The number of nitriles is 1. The molecule has 2 rings (SSSR count). The van der Waals surface area contributed by atoms with Crippen molar-refractivity contribution in [2.45, 2.75) is 18.3 Å². The van der Waals surface area contributed by atoms with Crippen LogP contribution in [0.4, 0.5) is 0 Å². The van der Waals surface area contributed by atoms with Crippen molar-refractivity contribution in [2.24, 2.45) is 0 Å². The first-order valence-corrected chi connectivity index (χ1v) is 5.10. The van der Waals surface area contributed by atoms with Gasteiger partial charge in [0.05, 0.1) is 18.1 Å². The number of aromatic hydroxyl groups is 1. The van der Waals surface area contributed by atoms with E-state index in [0.29, 0.717) is 18.4 Å². The van der Waals surface area contributed by atoms with Gasteiger partial charge in [-0.25, -0.2) is 0 Å². The largest absolute Gasteiger partial charge is 0.504 e. The van der Waals surface area contributed by atoms with E-state index in [1.165, 1.54) is 19.2 Å². The number of phenolic OH excluding ortho intramolecular Hbond substituents is 1. The van der Waals surface area contributed by atoms with Crippen LogP contribution in [0.1, 0.15) is 24.0 Å². The van der Waals surface area contributed by atoms with Crippen LogP contribution in [0.15, 0.2) is 12.1 Å². The van der Waals surface area contributed by atoms with E-state index >= 15 is 0 Å². The van der Waals surface area contributed by atoms with Crippen molar-refractivity contribution in [2.75, 3.05) is 7.11 Å². The lowest BCUT2D eigenvalue weighted by molar-refractivity contribution is -0.140. The van der Waals surface area contributed by atoms with Gasteiger partial charge in [-0.2, -0.15) is 5.26 Å². The second-order valence-electron chi connectivity index (χ2n) is 4.08. The smallest absolute Gasteiger partial charge is 0.314 e. The van der Waals surface area contributed by atoms with Crippen LogP contribution in [0.2, 0.25) is 0 Å². The summed E-state index contributed by atoms with van der Waals surface area (Å²) in [6.07, 6.45) is 1.05. The van der Waals surface area contributed by atoms with Gasteiger partial charge < -0.3 is 14.9 Å². The number of aliphatic carboxylic acids is 1. The van der Waals surface area contributed by atoms with Gasteiger partial charge in [-0.05, 0) is 30.5 Å². The maximum Gasteiger partial charge on any atom is 0.314 e. The molecule has 0 radical (unpaired) electrons. The third kappa shape index (κ3) is 1.58. The number of carboxylic acid groups (broad SMARTS) is 1. The van der Waals surface area contributed by atoms with Crippen molar-refractivity contribution >= 4 is 5.97 Å². The van der Waals surface area contributed by atoms with Gasteiger partial charge >= 0.3 is 5.97 Å². The number of benzene rings is 1. The fourth-order valence-corrected chi connectivity index (χ4v) is 1.94. The van der Waals surface area contributed by atoms with Crippen LogP contribution < -0.4 is 4.74 Å². The van der Waals surface area contributed by atoms with E-state index in [-0.39, 0.29) is 17.1 Å². The van der Waals surface area contributed by atoms with Gasteiger partial charge in [-0.3, -0.25) is 4.79 Å². The van der Waals surface area contributed by atoms with E-state index in [2.05, 4.69) is 0 Å². The molecule has 0 bridgehead atoms. The van der Waals surface area contributed by atoms with Gasteiger partial charge in [0.1, 0.15) is 6.07 Å². The van der Waals surface area contributed by atoms with E-state index in [9.17, 15) is 9.90 Å². The molecule has 1 saturated carbocycles. The van der Waals surface area contributed by atoms with Crippen molar-refractivity contribution in [3.63, 3.8) is 0 Å². The molecule has 0 saturated heterocycles. The van der Waals surface area contributed by atoms with Gasteiger partial charge in [-0.1, -0.05) is 0 Å². The van der Waals surface area contributed by atoms with Crippen LogP contribution in [0.25, 0.3) is 0 Å². The van der Waals surface area contributed by atoms with Crippen LogP contribution in [0, 0.1) is 11.3 Å².